The summed E-state index contributed by atoms with van der Waals surface area (Å²) in [5.74, 6) is 0.164. The number of para-hydroxylation sites is 2. The lowest BCUT2D eigenvalue weighted by Crippen LogP contribution is -2.23. The van der Waals surface area contributed by atoms with E-state index in [0.29, 0.717) is 22.2 Å². The lowest BCUT2D eigenvalue weighted by Gasteiger charge is -2.09. The molecule has 24 heavy (non-hydrogen) atoms. The molecule has 0 aliphatic rings. The van der Waals surface area contributed by atoms with Gasteiger partial charge in [-0.05, 0) is 31.2 Å². The molecule has 3 rings (SSSR count). The van der Waals surface area contributed by atoms with Gasteiger partial charge in [0, 0.05) is 17.1 Å². The number of aromatic nitrogens is 2. The molecule has 5 nitrogen and oxygen atoms in total. The Hall–Kier alpha value is -2.37. The first-order valence-electron chi connectivity index (χ1n) is 7.34. The van der Waals surface area contributed by atoms with Crippen LogP contribution < -0.4 is 11.0 Å². The van der Waals surface area contributed by atoms with E-state index in [-0.39, 0.29) is 11.4 Å². The van der Waals surface area contributed by atoms with Gasteiger partial charge in [-0.2, -0.15) is 5.10 Å². The lowest BCUT2D eigenvalue weighted by atomic mass is 10.2. The zero-order chi connectivity index (χ0) is 17.1. The average Bonchev–Trinajstić information content (AvgIpc) is 2.57. The van der Waals surface area contributed by atoms with E-state index in [2.05, 4.69) is 15.5 Å². The van der Waals surface area contributed by atoms with Crippen molar-refractivity contribution < 1.29 is 0 Å². The van der Waals surface area contributed by atoms with E-state index in [1.807, 2.05) is 31.2 Å². The summed E-state index contributed by atoms with van der Waals surface area (Å²) in [6, 6.07) is 12.6. The highest BCUT2D eigenvalue weighted by Gasteiger charge is 2.08. The summed E-state index contributed by atoms with van der Waals surface area (Å²) in [5, 5.41) is 5.09. The maximum Gasteiger partial charge on any atom is 0.295 e. The van der Waals surface area contributed by atoms with Crippen LogP contribution in [-0.2, 0) is 6.54 Å². The Labute approximate surface area is 148 Å². The smallest absolute Gasteiger partial charge is 0.295 e. The number of anilines is 1. The highest BCUT2D eigenvalue weighted by atomic mass is 35.5. The van der Waals surface area contributed by atoms with Crippen molar-refractivity contribution in [2.75, 3.05) is 5.43 Å². The second-order valence-electron chi connectivity index (χ2n) is 5.03. The van der Waals surface area contributed by atoms with Crippen LogP contribution in [0.5, 0.6) is 0 Å². The number of fused-ring (bicyclic) bond motifs is 1. The largest absolute Gasteiger partial charge is 0.304 e. The van der Waals surface area contributed by atoms with E-state index in [4.69, 9.17) is 23.2 Å². The number of hydrogen-bond acceptors (Lipinski definition) is 4. The topological polar surface area (TPSA) is 59.3 Å². The normalized spacial score (nSPS) is 11.3. The Morgan fingerprint density at radius 2 is 2.04 bits per heavy atom. The van der Waals surface area contributed by atoms with Crippen LogP contribution in [0.1, 0.15) is 12.5 Å². The molecule has 0 spiro atoms. The zero-order valence-electron chi connectivity index (χ0n) is 12.8. The Balaban J connectivity index is 1.94. The van der Waals surface area contributed by atoms with Crippen molar-refractivity contribution >= 4 is 46.3 Å². The van der Waals surface area contributed by atoms with Crippen LogP contribution in [0, 0.1) is 0 Å². The van der Waals surface area contributed by atoms with Crippen molar-refractivity contribution in [2.45, 2.75) is 13.5 Å². The summed E-state index contributed by atoms with van der Waals surface area (Å²) in [7, 11) is 0. The van der Waals surface area contributed by atoms with Crippen molar-refractivity contribution in [1.82, 2.24) is 9.55 Å². The maximum atomic E-state index is 12.5. The number of rotatable bonds is 4. The maximum absolute atomic E-state index is 12.5. The second kappa shape index (κ2) is 7.03. The quantitative estimate of drug-likeness (QED) is 0.561. The van der Waals surface area contributed by atoms with Gasteiger partial charge in [-0.25, -0.2) is 4.98 Å². The minimum Gasteiger partial charge on any atom is -0.304 e. The first-order chi connectivity index (χ1) is 11.6. The minimum absolute atomic E-state index is 0.164. The van der Waals surface area contributed by atoms with Gasteiger partial charge in [-0.15, -0.1) is 0 Å². The van der Waals surface area contributed by atoms with Crippen LogP contribution in [0.4, 0.5) is 5.82 Å². The van der Waals surface area contributed by atoms with Gasteiger partial charge in [0.25, 0.3) is 5.56 Å². The van der Waals surface area contributed by atoms with Gasteiger partial charge >= 0.3 is 0 Å². The number of benzene rings is 2. The Morgan fingerprint density at radius 3 is 2.79 bits per heavy atom. The molecule has 0 fully saturated rings. The number of hydrazone groups is 1. The average molecular weight is 361 g/mol. The van der Waals surface area contributed by atoms with Gasteiger partial charge in [0.1, 0.15) is 0 Å². The van der Waals surface area contributed by atoms with Crippen LogP contribution in [0.2, 0.25) is 10.0 Å². The summed E-state index contributed by atoms with van der Waals surface area (Å²) in [6.07, 6.45) is 1.52. The molecule has 0 aliphatic heterocycles. The van der Waals surface area contributed by atoms with Crippen molar-refractivity contribution in [1.29, 1.82) is 0 Å². The molecule has 3 aromatic rings. The standard InChI is InChI=1S/C17H14Cl2N4O/c1-2-23-15-6-4-3-5-14(15)21-16(17(23)24)22-20-10-11-7-8-12(18)9-13(11)19/h3-10H,2H2,1H3,(H,21,22)/b20-10+. The molecule has 0 amide bonds. The van der Waals surface area contributed by atoms with Crippen molar-refractivity contribution in [2.24, 2.45) is 5.10 Å². The lowest BCUT2D eigenvalue weighted by molar-refractivity contribution is 0.754. The van der Waals surface area contributed by atoms with Crippen molar-refractivity contribution in [3.63, 3.8) is 0 Å². The number of hydrogen-bond donors (Lipinski definition) is 1. The van der Waals surface area contributed by atoms with Crippen LogP contribution in [-0.4, -0.2) is 15.8 Å². The number of nitrogens with zero attached hydrogens (tertiary/aromatic N) is 3. The fourth-order valence-corrected chi connectivity index (χ4v) is 2.81. The van der Waals surface area contributed by atoms with Crippen molar-refractivity contribution in [3.8, 4) is 0 Å². The molecule has 0 saturated heterocycles. The van der Waals surface area contributed by atoms with Gasteiger partial charge in [0.05, 0.1) is 22.3 Å². The highest BCUT2D eigenvalue weighted by molar-refractivity contribution is 6.36. The van der Waals surface area contributed by atoms with Crippen LogP contribution in [0.15, 0.2) is 52.4 Å². The van der Waals surface area contributed by atoms with Crippen LogP contribution in [0.3, 0.4) is 0 Å². The molecule has 0 saturated carbocycles. The first kappa shape index (κ1) is 16.5. The summed E-state index contributed by atoms with van der Waals surface area (Å²) < 4.78 is 1.65. The van der Waals surface area contributed by atoms with E-state index in [0.717, 1.165) is 11.0 Å². The third-order valence-corrected chi connectivity index (χ3v) is 4.07. The molecule has 0 aliphatic carbocycles. The third kappa shape index (κ3) is 3.27. The third-order valence-electron chi connectivity index (χ3n) is 3.51. The monoisotopic (exact) mass is 360 g/mol. The molecule has 0 unspecified atom stereocenters. The van der Waals surface area contributed by atoms with Gasteiger partial charge in [0.2, 0.25) is 5.82 Å². The molecule has 1 aromatic heterocycles. The van der Waals surface area contributed by atoms with E-state index in [9.17, 15) is 4.79 Å². The molecule has 122 valence electrons. The van der Waals surface area contributed by atoms with E-state index in [1.54, 1.807) is 22.8 Å². The molecule has 0 bridgehead atoms. The minimum atomic E-state index is -0.226. The summed E-state index contributed by atoms with van der Waals surface area (Å²) >= 11 is 11.9. The second-order valence-corrected chi connectivity index (χ2v) is 5.88. The fraction of sp³-hybridized carbons (Fsp3) is 0.118. The summed E-state index contributed by atoms with van der Waals surface area (Å²) in [4.78, 5) is 16.8. The Kier molecular flexibility index (Phi) is 4.83. The molecule has 0 atom stereocenters. The SMILES string of the molecule is CCn1c(=O)c(N/N=C/c2ccc(Cl)cc2Cl)nc2ccccc21. The predicted molar refractivity (Wildman–Crippen MR) is 99.4 cm³/mol. The van der Waals surface area contributed by atoms with E-state index in [1.165, 1.54) is 6.21 Å². The van der Waals surface area contributed by atoms with Crippen molar-refractivity contribution in [3.05, 3.63) is 68.4 Å². The van der Waals surface area contributed by atoms with E-state index < -0.39 is 0 Å². The molecular weight excluding hydrogens is 347 g/mol. The Morgan fingerprint density at radius 1 is 1.25 bits per heavy atom. The van der Waals surface area contributed by atoms with Gasteiger partial charge in [0.15, 0.2) is 0 Å². The van der Waals surface area contributed by atoms with Gasteiger partial charge < -0.3 is 4.57 Å². The molecule has 0 radical (unpaired) electrons. The highest BCUT2D eigenvalue weighted by Crippen LogP contribution is 2.19. The summed E-state index contributed by atoms with van der Waals surface area (Å²) in [5.41, 5.74) is 4.68. The van der Waals surface area contributed by atoms with Gasteiger partial charge in [-0.1, -0.05) is 41.4 Å². The molecule has 1 N–H and O–H groups in total. The van der Waals surface area contributed by atoms with Crippen LogP contribution in [0.25, 0.3) is 11.0 Å². The molecule has 7 heteroatoms. The summed E-state index contributed by atoms with van der Waals surface area (Å²) in [6.45, 7) is 2.46. The van der Waals surface area contributed by atoms with E-state index >= 15 is 0 Å². The molecule has 1 heterocycles. The number of nitrogens with one attached hydrogen (secondary N) is 1. The Bertz CT molecular complexity index is 982. The predicted octanol–water partition coefficient (Wildman–Crippen LogP) is 4.17. The number of halogens is 2. The molecule has 2 aromatic carbocycles. The number of aryl methyl sites for hydroxylation is 1. The fourth-order valence-electron chi connectivity index (χ4n) is 2.35. The first-order valence-corrected chi connectivity index (χ1v) is 8.09. The zero-order valence-corrected chi connectivity index (χ0v) is 14.3. The molecular formula is C17H14Cl2N4O. The van der Waals surface area contributed by atoms with Gasteiger partial charge in [-0.3, -0.25) is 10.2 Å². The van der Waals surface area contributed by atoms with Crippen LogP contribution >= 0.6 is 23.2 Å².